The maximum atomic E-state index is 13.2. The molecule has 3 nitrogen and oxygen atoms in total. The molecule has 0 heterocycles. The summed E-state index contributed by atoms with van der Waals surface area (Å²) in [6, 6.07) is 13.5. The molecule has 0 spiro atoms. The van der Waals surface area contributed by atoms with Crippen LogP contribution in [0.1, 0.15) is 24.5 Å². The van der Waals surface area contributed by atoms with Crippen LogP contribution in [0.2, 0.25) is 0 Å². The summed E-state index contributed by atoms with van der Waals surface area (Å²) >= 11 is 0. The minimum atomic E-state index is -3.62. The van der Waals surface area contributed by atoms with Crippen LogP contribution in [0, 0.1) is 12.7 Å². The summed E-state index contributed by atoms with van der Waals surface area (Å²) in [7, 11) is -3.62. The third-order valence-corrected chi connectivity index (χ3v) is 5.09. The molecule has 1 atom stereocenters. The smallest absolute Gasteiger partial charge is 0.208 e. The molecule has 0 aliphatic rings. The number of halogens is 1. The molecule has 5 heteroatoms. The molecule has 0 saturated heterocycles. The van der Waals surface area contributed by atoms with Crippen molar-refractivity contribution in [2.24, 2.45) is 0 Å². The van der Waals surface area contributed by atoms with Crippen LogP contribution in [0.15, 0.2) is 53.4 Å². The molecule has 0 unspecified atom stereocenters. The summed E-state index contributed by atoms with van der Waals surface area (Å²) in [4.78, 5) is 0.0953. The van der Waals surface area contributed by atoms with Gasteiger partial charge in [0.2, 0.25) is 10.0 Å². The molecule has 0 fully saturated rings. The highest BCUT2D eigenvalue weighted by atomic mass is 32.2. The van der Waals surface area contributed by atoms with Crippen LogP contribution in [0.3, 0.4) is 0 Å². The molecule has 0 aromatic heterocycles. The molecule has 2 rings (SSSR count). The third-order valence-electron chi connectivity index (χ3n) is 3.50. The second kappa shape index (κ2) is 7.03. The highest BCUT2D eigenvalue weighted by Crippen LogP contribution is 2.15. The predicted octanol–water partition coefficient (Wildman–Crippen LogP) is 3.43. The van der Waals surface area contributed by atoms with Gasteiger partial charge in [0.05, 0.1) is 4.90 Å². The van der Waals surface area contributed by atoms with Crippen molar-refractivity contribution in [1.29, 1.82) is 0 Å². The Labute approximate surface area is 131 Å². The van der Waals surface area contributed by atoms with Gasteiger partial charge in [-0.15, -0.1) is 0 Å². The SMILES string of the molecule is Cc1cc(S(=O)(=O)N[C@H](C)CCc2ccccc2)ccc1F. The molecule has 2 aromatic carbocycles. The van der Waals surface area contributed by atoms with E-state index in [-0.39, 0.29) is 10.9 Å². The molecular weight excluding hydrogens is 301 g/mol. The van der Waals surface area contributed by atoms with Crippen LogP contribution in [0.5, 0.6) is 0 Å². The molecular formula is C17H20FNO2S. The quantitative estimate of drug-likeness (QED) is 0.886. The molecule has 0 saturated carbocycles. The molecule has 1 N–H and O–H groups in total. The van der Waals surface area contributed by atoms with Gasteiger partial charge in [0.1, 0.15) is 5.82 Å². The number of rotatable bonds is 6. The predicted molar refractivity (Wildman–Crippen MR) is 85.7 cm³/mol. The van der Waals surface area contributed by atoms with E-state index in [4.69, 9.17) is 0 Å². The van der Waals surface area contributed by atoms with Crippen molar-refractivity contribution in [3.63, 3.8) is 0 Å². The van der Waals surface area contributed by atoms with Crippen molar-refractivity contribution in [1.82, 2.24) is 4.72 Å². The van der Waals surface area contributed by atoms with Crippen molar-refractivity contribution in [3.8, 4) is 0 Å². The Balaban J connectivity index is 2.00. The van der Waals surface area contributed by atoms with E-state index in [0.717, 1.165) is 6.42 Å². The van der Waals surface area contributed by atoms with Crippen LogP contribution in [-0.2, 0) is 16.4 Å². The fraction of sp³-hybridized carbons (Fsp3) is 0.294. The normalized spacial score (nSPS) is 13.0. The highest BCUT2D eigenvalue weighted by Gasteiger charge is 2.18. The van der Waals surface area contributed by atoms with Gasteiger partial charge < -0.3 is 0 Å². The second-order valence-electron chi connectivity index (χ2n) is 5.46. The molecule has 118 valence electrons. The Morgan fingerprint density at radius 1 is 1.14 bits per heavy atom. The minimum Gasteiger partial charge on any atom is -0.208 e. The molecule has 22 heavy (non-hydrogen) atoms. The Bertz CT molecular complexity index is 730. The van der Waals surface area contributed by atoms with E-state index in [1.807, 2.05) is 37.3 Å². The molecule has 0 aliphatic carbocycles. The summed E-state index contributed by atoms with van der Waals surface area (Å²) < 4.78 is 40.4. The van der Waals surface area contributed by atoms with Gasteiger partial charge in [0.15, 0.2) is 0 Å². The summed E-state index contributed by atoms with van der Waals surface area (Å²) in [6.07, 6.45) is 1.50. The zero-order valence-corrected chi connectivity index (χ0v) is 13.5. The number of hydrogen-bond acceptors (Lipinski definition) is 2. The van der Waals surface area contributed by atoms with E-state index >= 15 is 0 Å². The Morgan fingerprint density at radius 2 is 1.82 bits per heavy atom. The number of aryl methyl sites for hydroxylation is 2. The standard InChI is InChI=1S/C17H20FNO2S/c1-13-12-16(10-11-17(13)18)22(20,21)19-14(2)8-9-15-6-4-3-5-7-15/h3-7,10-12,14,19H,8-9H2,1-2H3/t14-/m1/s1. The van der Waals surface area contributed by atoms with Gasteiger partial charge >= 0.3 is 0 Å². The Morgan fingerprint density at radius 3 is 2.45 bits per heavy atom. The van der Waals surface area contributed by atoms with Gasteiger partial charge in [-0.3, -0.25) is 0 Å². The summed E-state index contributed by atoms with van der Waals surface area (Å²) in [6.45, 7) is 3.38. The van der Waals surface area contributed by atoms with Gasteiger partial charge in [-0.2, -0.15) is 0 Å². The lowest BCUT2D eigenvalue weighted by Gasteiger charge is -2.14. The van der Waals surface area contributed by atoms with E-state index in [9.17, 15) is 12.8 Å². The maximum absolute atomic E-state index is 13.2. The van der Waals surface area contributed by atoms with E-state index in [2.05, 4.69) is 4.72 Å². The molecule has 0 aliphatic heterocycles. The highest BCUT2D eigenvalue weighted by molar-refractivity contribution is 7.89. The maximum Gasteiger partial charge on any atom is 0.240 e. The summed E-state index contributed by atoms with van der Waals surface area (Å²) in [5.74, 6) is -0.406. The van der Waals surface area contributed by atoms with Crippen LogP contribution in [0.25, 0.3) is 0 Å². The molecule has 0 amide bonds. The average Bonchev–Trinajstić information content (AvgIpc) is 2.48. The molecule has 2 aromatic rings. The average molecular weight is 321 g/mol. The first-order valence-electron chi connectivity index (χ1n) is 7.21. The number of nitrogens with one attached hydrogen (secondary N) is 1. The first kappa shape index (κ1) is 16.6. The van der Waals surface area contributed by atoms with E-state index in [0.29, 0.717) is 12.0 Å². The Kier molecular flexibility index (Phi) is 5.32. The van der Waals surface area contributed by atoms with Gasteiger partial charge in [0.25, 0.3) is 0 Å². The zero-order valence-electron chi connectivity index (χ0n) is 12.7. The lowest BCUT2D eigenvalue weighted by molar-refractivity contribution is 0.546. The van der Waals surface area contributed by atoms with Gasteiger partial charge in [-0.1, -0.05) is 30.3 Å². The van der Waals surface area contributed by atoms with Crippen LogP contribution < -0.4 is 4.72 Å². The van der Waals surface area contributed by atoms with Crippen molar-refractivity contribution < 1.29 is 12.8 Å². The van der Waals surface area contributed by atoms with Crippen molar-refractivity contribution >= 4 is 10.0 Å². The van der Waals surface area contributed by atoms with Crippen molar-refractivity contribution in [3.05, 3.63) is 65.5 Å². The zero-order chi connectivity index (χ0) is 16.2. The van der Waals surface area contributed by atoms with E-state index in [1.54, 1.807) is 6.92 Å². The van der Waals surface area contributed by atoms with Gasteiger partial charge in [-0.05, 0) is 56.0 Å². The number of hydrogen-bond donors (Lipinski definition) is 1. The van der Waals surface area contributed by atoms with E-state index < -0.39 is 15.8 Å². The number of sulfonamides is 1. The summed E-state index contributed by atoms with van der Waals surface area (Å²) in [5, 5.41) is 0. The fourth-order valence-electron chi connectivity index (χ4n) is 2.20. The Hall–Kier alpha value is -1.72. The van der Waals surface area contributed by atoms with Crippen LogP contribution >= 0.6 is 0 Å². The van der Waals surface area contributed by atoms with E-state index in [1.165, 1.54) is 23.8 Å². The first-order chi connectivity index (χ1) is 10.4. The van der Waals surface area contributed by atoms with Crippen molar-refractivity contribution in [2.75, 3.05) is 0 Å². The molecule has 0 bridgehead atoms. The topological polar surface area (TPSA) is 46.2 Å². The molecule has 0 radical (unpaired) electrons. The fourth-order valence-corrected chi connectivity index (χ4v) is 3.57. The third kappa shape index (κ3) is 4.39. The summed E-state index contributed by atoms with van der Waals surface area (Å²) in [5.41, 5.74) is 1.49. The largest absolute Gasteiger partial charge is 0.240 e. The lowest BCUT2D eigenvalue weighted by Crippen LogP contribution is -2.33. The first-order valence-corrected chi connectivity index (χ1v) is 8.69. The van der Waals surface area contributed by atoms with Crippen molar-refractivity contribution in [2.45, 2.75) is 37.6 Å². The second-order valence-corrected chi connectivity index (χ2v) is 7.17. The van der Waals surface area contributed by atoms with Gasteiger partial charge in [0, 0.05) is 6.04 Å². The van der Waals surface area contributed by atoms with Gasteiger partial charge in [-0.25, -0.2) is 17.5 Å². The van der Waals surface area contributed by atoms with Crippen LogP contribution in [0.4, 0.5) is 4.39 Å². The number of benzene rings is 2. The van der Waals surface area contributed by atoms with Crippen LogP contribution in [-0.4, -0.2) is 14.5 Å². The monoisotopic (exact) mass is 321 g/mol. The minimum absolute atomic E-state index is 0.0953. The lowest BCUT2D eigenvalue weighted by atomic mass is 10.1.